The van der Waals surface area contributed by atoms with Crippen LogP contribution in [0.2, 0.25) is 0 Å². The Bertz CT molecular complexity index is 230. The molecule has 3 heteroatoms. The molecule has 0 aliphatic heterocycles. The lowest BCUT2D eigenvalue weighted by Crippen LogP contribution is -2.28. The number of carboxylic acid groups (broad SMARTS) is 1. The fraction of sp³-hybridized carbons (Fsp3) is 0.923. The molecule has 1 unspecified atom stereocenters. The third kappa shape index (κ3) is 3.16. The summed E-state index contributed by atoms with van der Waals surface area (Å²) in [6.45, 7) is 0. The Kier molecular flexibility index (Phi) is 4.56. The van der Waals surface area contributed by atoms with Gasteiger partial charge in [-0.05, 0) is 31.6 Å². The second kappa shape index (κ2) is 5.95. The predicted octanol–water partition coefficient (Wildman–Crippen LogP) is 3.70. The molecule has 1 atom stereocenters. The number of carboxylic acids is 1. The van der Waals surface area contributed by atoms with Crippen LogP contribution in [0.4, 0.5) is 0 Å². The molecule has 0 spiro atoms. The molecule has 0 aromatic rings. The topological polar surface area (TPSA) is 37.3 Å². The molecule has 2 saturated carbocycles. The third-order valence-electron chi connectivity index (χ3n) is 3.96. The Labute approximate surface area is 102 Å². The lowest BCUT2D eigenvalue weighted by atomic mass is 10.0. The Morgan fingerprint density at radius 3 is 2.12 bits per heavy atom. The Balaban J connectivity index is 1.88. The average Bonchev–Trinajstić information content (AvgIpc) is 2.80. The fourth-order valence-electron chi connectivity index (χ4n) is 3.04. The fourth-order valence-corrected chi connectivity index (χ4v) is 4.67. The van der Waals surface area contributed by atoms with Crippen LogP contribution in [0.1, 0.15) is 57.8 Å². The standard InChI is InChI=1S/C13H22O2S/c14-13(15)12(10-6-4-5-7-10)16-11-8-2-1-3-9-11/h10-12H,1-9H2,(H,14,15). The molecule has 0 saturated heterocycles. The van der Waals surface area contributed by atoms with Crippen molar-refractivity contribution in [2.45, 2.75) is 68.3 Å². The normalized spacial score (nSPS) is 25.8. The maximum atomic E-state index is 11.3. The van der Waals surface area contributed by atoms with Gasteiger partial charge in [-0.2, -0.15) is 0 Å². The Hall–Kier alpha value is -0.180. The Morgan fingerprint density at radius 2 is 1.56 bits per heavy atom. The highest BCUT2D eigenvalue weighted by atomic mass is 32.2. The molecule has 2 rings (SSSR count). The van der Waals surface area contributed by atoms with Crippen LogP contribution in [-0.4, -0.2) is 21.6 Å². The van der Waals surface area contributed by atoms with Crippen LogP contribution in [0.5, 0.6) is 0 Å². The van der Waals surface area contributed by atoms with Crippen molar-refractivity contribution in [1.29, 1.82) is 0 Å². The van der Waals surface area contributed by atoms with Crippen molar-refractivity contribution in [1.82, 2.24) is 0 Å². The highest BCUT2D eigenvalue weighted by Gasteiger charge is 2.33. The van der Waals surface area contributed by atoms with Crippen LogP contribution < -0.4 is 0 Å². The molecule has 0 aromatic heterocycles. The molecule has 0 heterocycles. The summed E-state index contributed by atoms with van der Waals surface area (Å²) in [5.41, 5.74) is 0. The van der Waals surface area contributed by atoms with Crippen LogP contribution in [0, 0.1) is 5.92 Å². The van der Waals surface area contributed by atoms with Gasteiger partial charge in [0.2, 0.25) is 0 Å². The van der Waals surface area contributed by atoms with Gasteiger partial charge >= 0.3 is 5.97 Å². The van der Waals surface area contributed by atoms with E-state index in [1.807, 2.05) is 0 Å². The number of thioether (sulfide) groups is 1. The number of carbonyl (C=O) groups is 1. The highest BCUT2D eigenvalue weighted by Crippen LogP contribution is 2.39. The molecular weight excluding hydrogens is 220 g/mol. The van der Waals surface area contributed by atoms with Gasteiger partial charge < -0.3 is 5.11 Å². The first-order chi connectivity index (χ1) is 7.77. The first-order valence-electron chi connectivity index (χ1n) is 6.65. The predicted molar refractivity (Wildman–Crippen MR) is 67.8 cm³/mol. The largest absolute Gasteiger partial charge is 0.480 e. The summed E-state index contributed by atoms with van der Waals surface area (Å²) in [4.78, 5) is 11.3. The number of hydrogen-bond donors (Lipinski definition) is 1. The van der Waals surface area contributed by atoms with Gasteiger partial charge in [-0.15, -0.1) is 11.8 Å². The average molecular weight is 242 g/mol. The molecule has 2 aliphatic rings. The van der Waals surface area contributed by atoms with Crippen molar-refractivity contribution >= 4 is 17.7 Å². The monoisotopic (exact) mass is 242 g/mol. The van der Waals surface area contributed by atoms with E-state index in [1.165, 1.54) is 44.9 Å². The molecule has 0 bridgehead atoms. The van der Waals surface area contributed by atoms with Gasteiger partial charge in [0.15, 0.2) is 0 Å². The van der Waals surface area contributed by atoms with Crippen LogP contribution in [-0.2, 0) is 4.79 Å². The van der Waals surface area contributed by atoms with Crippen LogP contribution >= 0.6 is 11.8 Å². The maximum absolute atomic E-state index is 11.3. The van der Waals surface area contributed by atoms with E-state index >= 15 is 0 Å². The number of rotatable bonds is 4. The minimum atomic E-state index is -0.567. The summed E-state index contributed by atoms with van der Waals surface area (Å²) in [6.07, 6.45) is 11.2. The summed E-state index contributed by atoms with van der Waals surface area (Å²) in [6, 6.07) is 0. The lowest BCUT2D eigenvalue weighted by molar-refractivity contribution is -0.137. The lowest BCUT2D eigenvalue weighted by Gasteiger charge is -2.27. The zero-order chi connectivity index (χ0) is 11.4. The van der Waals surface area contributed by atoms with Gasteiger partial charge in [0.25, 0.3) is 0 Å². The maximum Gasteiger partial charge on any atom is 0.316 e. The van der Waals surface area contributed by atoms with E-state index < -0.39 is 5.97 Å². The molecule has 2 aliphatic carbocycles. The van der Waals surface area contributed by atoms with Gasteiger partial charge in [0.1, 0.15) is 5.25 Å². The van der Waals surface area contributed by atoms with Gasteiger partial charge in [-0.1, -0.05) is 32.1 Å². The van der Waals surface area contributed by atoms with Crippen molar-refractivity contribution in [3.8, 4) is 0 Å². The van der Waals surface area contributed by atoms with Crippen molar-refractivity contribution < 1.29 is 9.90 Å². The molecule has 2 nitrogen and oxygen atoms in total. The zero-order valence-electron chi connectivity index (χ0n) is 9.86. The third-order valence-corrected chi connectivity index (χ3v) is 5.70. The molecule has 2 fully saturated rings. The van der Waals surface area contributed by atoms with Crippen molar-refractivity contribution in [3.63, 3.8) is 0 Å². The van der Waals surface area contributed by atoms with Gasteiger partial charge in [0.05, 0.1) is 0 Å². The van der Waals surface area contributed by atoms with E-state index in [1.54, 1.807) is 11.8 Å². The van der Waals surface area contributed by atoms with Gasteiger partial charge in [-0.3, -0.25) is 4.79 Å². The minimum Gasteiger partial charge on any atom is -0.480 e. The van der Waals surface area contributed by atoms with E-state index in [-0.39, 0.29) is 5.25 Å². The molecule has 0 radical (unpaired) electrons. The van der Waals surface area contributed by atoms with Gasteiger partial charge in [-0.25, -0.2) is 0 Å². The molecule has 92 valence electrons. The van der Waals surface area contributed by atoms with Crippen LogP contribution in [0.3, 0.4) is 0 Å². The second-order valence-electron chi connectivity index (χ2n) is 5.20. The van der Waals surface area contributed by atoms with Crippen LogP contribution in [0.25, 0.3) is 0 Å². The Morgan fingerprint density at radius 1 is 1.00 bits per heavy atom. The SMILES string of the molecule is O=C(O)C(SC1CCCCC1)C1CCCC1. The molecule has 16 heavy (non-hydrogen) atoms. The van der Waals surface area contributed by atoms with Crippen molar-refractivity contribution in [2.75, 3.05) is 0 Å². The molecule has 1 N–H and O–H groups in total. The first-order valence-corrected chi connectivity index (χ1v) is 7.60. The zero-order valence-corrected chi connectivity index (χ0v) is 10.7. The number of aliphatic carboxylic acids is 1. The molecule has 0 aromatic carbocycles. The minimum absolute atomic E-state index is 0.120. The number of hydrogen-bond acceptors (Lipinski definition) is 2. The quantitative estimate of drug-likeness (QED) is 0.817. The smallest absolute Gasteiger partial charge is 0.316 e. The van der Waals surface area contributed by atoms with Gasteiger partial charge in [0, 0.05) is 5.25 Å². The molecular formula is C13H22O2S. The van der Waals surface area contributed by atoms with E-state index in [0.29, 0.717) is 11.2 Å². The summed E-state index contributed by atoms with van der Waals surface area (Å²) in [7, 11) is 0. The molecule has 0 amide bonds. The van der Waals surface area contributed by atoms with Crippen LogP contribution in [0.15, 0.2) is 0 Å². The second-order valence-corrected chi connectivity index (χ2v) is 6.65. The summed E-state index contributed by atoms with van der Waals surface area (Å²) in [5, 5.41) is 9.84. The summed E-state index contributed by atoms with van der Waals surface area (Å²) >= 11 is 1.77. The summed E-state index contributed by atoms with van der Waals surface area (Å²) in [5.74, 6) is -0.119. The first kappa shape index (κ1) is 12.3. The van der Waals surface area contributed by atoms with Crippen molar-refractivity contribution in [2.24, 2.45) is 5.92 Å². The summed E-state index contributed by atoms with van der Waals surface area (Å²) < 4.78 is 0. The van der Waals surface area contributed by atoms with E-state index in [9.17, 15) is 9.90 Å². The highest BCUT2D eigenvalue weighted by molar-refractivity contribution is 8.01. The van der Waals surface area contributed by atoms with E-state index in [4.69, 9.17) is 0 Å². The van der Waals surface area contributed by atoms with E-state index in [0.717, 1.165) is 12.8 Å². The van der Waals surface area contributed by atoms with Crippen molar-refractivity contribution in [3.05, 3.63) is 0 Å². The van der Waals surface area contributed by atoms with E-state index in [2.05, 4.69) is 0 Å².